The molecule has 0 unspecified atom stereocenters. The van der Waals surface area contributed by atoms with Gasteiger partial charge in [0.2, 0.25) is 0 Å². The van der Waals surface area contributed by atoms with Crippen LogP contribution >= 0.6 is 0 Å². The summed E-state index contributed by atoms with van der Waals surface area (Å²) < 4.78 is 0. The molecule has 0 saturated carbocycles. The van der Waals surface area contributed by atoms with E-state index < -0.39 is 0 Å². The molecule has 0 radical (unpaired) electrons. The summed E-state index contributed by atoms with van der Waals surface area (Å²) in [6.45, 7) is 8.68. The van der Waals surface area contributed by atoms with E-state index >= 15 is 0 Å². The number of nitrogens with two attached hydrogens (primary N) is 1. The molecule has 0 aliphatic heterocycles. The number of hydrogen-bond donors (Lipinski definition) is 1. The van der Waals surface area contributed by atoms with Crippen LogP contribution < -0.4 is 5.73 Å². The molecule has 0 fully saturated rings. The van der Waals surface area contributed by atoms with Gasteiger partial charge in [0.15, 0.2) is 0 Å². The molecular weight excluding hydrogens is 196 g/mol. The number of benzene rings is 1. The largest absolute Gasteiger partial charge is 0.383 e. The number of nitrogen functional groups attached to an aromatic ring is 1. The van der Waals surface area contributed by atoms with Gasteiger partial charge in [-0.3, -0.25) is 0 Å². The second-order valence-corrected chi connectivity index (χ2v) is 4.33. The molecule has 1 aromatic heterocycles. The van der Waals surface area contributed by atoms with Crippen LogP contribution in [0.25, 0.3) is 10.8 Å². The summed E-state index contributed by atoms with van der Waals surface area (Å²) in [4.78, 5) is 4.18. The predicted octanol–water partition coefficient (Wildman–Crippen LogP) is 3.30. The summed E-state index contributed by atoms with van der Waals surface area (Å²) in [6, 6.07) is 2.06. The van der Waals surface area contributed by atoms with Crippen molar-refractivity contribution in [3.63, 3.8) is 0 Å². The monoisotopic (exact) mass is 214 g/mol. The van der Waals surface area contributed by atoms with Crippen LogP contribution in [0.3, 0.4) is 0 Å². The number of pyridine rings is 1. The van der Waals surface area contributed by atoms with Crippen molar-refractivity contribution < 1.29 is 0 Å². The predicted molar refractivity (Wildman–Crippen MR) is 69.7 cm³/mol. The van der Waals surface area contributed by atoms with Gasteiger partial charge in [0.25, 0.3) is 0 Å². The molecule has 1 heterocycles. The zero-order valence-electron chi connectivity index (χ0n) is 10.4. The van der Waals surface area contributed by atoms with Crippen LogP contribution in [0.1, 0.15) is 29.2 Å². The SMILES string of the molecule is CCc1c(C)c(C)c2c(N)nccc2c1C. The van der Waals surface area contributed by atoms with E-state index in [1.807, 2.05) is 0 Å². The van der Waals surface area contributed by atoms with Crippen molar-refractivity contribution >= 4 is 16.6 Å². The fraction of sp³-hybridized carbons (Fsp3) is 0.357. The van der Waals surface area contributed by atoms with Gasteiger partial charge in [-0.05, 0) is 60.9 Å². The van der Waals surface area contributed by atoms with Gasteiger partial charge in [0.05, 0.1) is 0 Å². The third-order valence-electron chi connectivity index (χ3n) is 3.58. The number of aromatic nitrogens is 1. The van der Waals surface area contributed by atoms with E-state index in [1.54, 1.807) is 6.20 Å². The van der Waals surface area contributed by atoms with Gasteiger partial charge in [-0.2, -0.15) is 0 Å². The van der Waals surface area contributed by atoms with Crippen LogP contribution in [0, 0.1) is 20.8 Å². The maximum atomic E-state index is 5.98. The fourth-order valence-corrected chi connectivity index (χ4v) is 2.57. The minimum atomic E-state index is 0.642. The molecule has 0 atom stereocenters. The Labute approximate surface area is 96.5 Å². The van der Waals surface area contributed by atoms with Crippen molar-refractivity contribution in [3.05, 3.63) is 34.5 Å². The lowest BCUT2D eigenvalue weighted by Gasteiger charge is -2.16. The maximum absolute atomic E-state index is 5.98. The van der Waals surface area contributed by atoms with Crippen molar-refractivity contribution in [3.8, 4) is 0 Å². The smallest absolute Gasteiger partial charge is 0.131 e. The van der Waals surface area contributed by atoms with Crippen molar-refractivity contribution in [1.29, 1.82) is 0 Å². The van der Waals surface area contributed by atoms with E-state index in [0.29, 0.717) is 5.82 Å². The third-order valence-corrected chi connectivity index (χ3v) is 3.58. The molecular formula is C14H18N2. The molecule has 0 spiro atoms. The summed E-state index contributed by atoms with van der Waals surface area (Å²) in [5.41, 5.74) is 11.4. The molecule has 0 amide bonds. The van der Waals surface area contributed by atoms with Gasteiger partial charge in [-0.15, -0.1) is 0 Å². The minimum Gasteiger partial charge on any atom is -0.383 e. The Morgan fingerprint density at radius 3 is 2.44 bits per heavy atom. The van der Waals surface area contributed by atoms with Crippen LogP contribution in [-0.4, -0.2) is 4.98 Å². The van der Waals surface area contributed by atoms with Crippen molar-refractivity contribution in [2.24, 2.45) is 0 Å². The lowest BCUT2D eigenvalue weighted by atomic mass is 9.90. The second-order valence-electron chi connectivity index (χ2n) is 4.33. The first-order valence-corrected chi connectivity index (χ1v) is 5.70. The highest BCUT2D eigenvalue weighted by molar-refractivity contribution is 5.97. The Morgan fingerprint density at radius 2 is 1.81 bits per heavy atom. The summed E-state index contributed by atoms with van der Waals surface area (Å²) >= 11 is 0. The average molecular weight is 214 g/mol. The molecule has 16 heavy (non-hydrogen) atoms. The van der Waals surface area contributed by atoms with E-state index in [-0.39, 0.29) is 0 Å². The quantitative estimate of drug-likeness (QED) is 0.791. The lowest BCUT2D eigenvalue weighted by molar-refractivity contribution is 1.08. The van der Waals surface area contributed by atoms with E-state index in [4.69, 9.17) is 5.73 Å². The molecule has 2 aromatic rings. The van der Waals surface area contributed by atoms with Crippen molar-refractivity contribution in [1.82, 2.24) is 4.98 Å². The summed E-state index contributed by atoms with van der Waals surface area (Å²) in [7, 11) is 0. The molecule has 1 aromatic carbocycles. The topological polar surface area (TPSA) is 38.9 Å². The lowest BCUT2D eigenvalue weighted by Crippen LogP contribution is -2.01. The molecule has 2 heteroatoms. The summed E-state index contributed by atoms with van der Waals surface area (Å²) in [6.07, 6.45) is 2.86. The molecule has 2 rings (SSSR count). The molecule has 2 nitrogen and oxygen atoms in total. The van der Waals surface area contributed by atoms with Crippen molar-refractivity contribution in [2.45, 2.75) is 34.1 Å². The highest BCUT2D eigenvalue weighted by Crippen LogP contribution is 2.31. The second kappa shape index (κ2) is 3.78. The first-order chi connectivity index (χ1) is 7.57. The Balaban J connectivity index is 3.02. The number of rotatable bonds is 1. The van der Waals surface area contributed by atoms with E-state index in [1.165, 1.54) is 27.6 Å². The highest BCUT2D eigenvalue weighted by atomic mass is 14.8. The molecule has 84 valence electrons. The number of aryl methyl sites for hydroxylation is 2. The molecule has 0 saturated heterocycles. The molecule has 0 bridgehead atoms. The Kier molecular flexibility index (Phi) is 2.58. The zero-order chi connectivity index (χ0) is 11.9. The first kappa shape index (κ1) is 10.9. The van der Waals surface area contributed by atoms with Gasteiger partial charge < -0.3 is 5.73 Å². The number of nitrogens with zero attached hydrogens (tertiary/aromatic N) is 1. The van der Waals surface area contributed by atoms with Crippen LogP contribution in [0.15, 0.2) is 12.3 Å². The Hall–Kier alpha value is -1.57. The first-order valence-electron chi connectivity index (χ1n) is 5.70. The molecule has 0 aliphatic rings. The van der Waals surface area contributed by atoms with Gasteiger partial charge in [-0.25, -0.2) is 4.98 Å². The van der Waals surface area contributed by atoms with Gasteiger partial charge in [0.1, 0.15) is 5.82 Å². The normalized spacial score (nSPS) is 11.0. The number of hydrogen-bond acceptors (Lipinski definition) is 2. The summed E-state index contributed by atoms with van der Waals surface area (Å²) in [5, 5.41) is 2.36. The average Bonchev–Trinajstić information content (AvgIpc) is 2.27. The Bertz CT molecular complexity index is 556. The third kappa shape index (κ3) is 1.37. The molecule has 0 aliphatic carbocycles. The fourth-order valence-electron chi connectivity index (χ4n) is 2.57. The van der Waals surface area contributed by atoms with E-state index in [0.717, 1.165) is 11.8 Å². The van der Waals surface area contributed by atoms with Crippen LogP contribution in [0.5, 0.6) is 0 Å². The number of anilines is 1. The maximum Gasteiger partial charge on any atom is 0.131 e. The van der Waals surface area contributed by atoms with E-state index in [9.17, 15) is 0 Å². The van der Waals surface area contributed by atoms with Crippen LogP contribution in [-0.2, 0) is 6.42 Å². The van der Waals surface area contributed by atoms with Crippen LogP contribution in [0.4, 0.5) is 5.82 Å². The number of fused-ring (bicyclic) bond motifs is 1. The van der Waals surface area contributed by atoms with E-state index in [2.05, 4.69) is 38.7 Å². The van der Waals surface area contributed by atoms with Gasteiger partial charge >= 0.3 is 0 Å². The summed E-state index contributed by atoms with van der Waals surface area (Å²) in [5.74, 6) is 0.642. The van der Waals surface area contributed by atoms with Gasteiger partial charge in [0, 0.05) is 11.6 Å². The Morgan fingerprint density at radius 1 is 1.12 bits per heavy atom. The molecule has 2 N–H and O–H groups in total. The standard InChI is InChI=1S/C14H18N2/c1-5-11-8(2)9(3)13-12(10(11)4)6-7-16-14(13)15/h6-7H,5H2,1-4H3,(H2,15,16). The zero-order valence-corrected chi connectivity index (χ0v) is 10.4. The minimum absolute atomic E-state index is 0.642. The highest BCUT2D eigenvalue weighted by Gasteiger charge is 2.12. The van der Waals surface area contributed by atoms with Crippen LogP contribution in [0.2, 0.25) is 0 Å². The van der Waals surface area contributed by atoms with Crippen molar-refractivity contribution in [2.75, 3.05) is 5.73 Å². The van der Waals surface area contributed by atoms with Gasteiger partial charge in [-0.1, -0.05) is 6.92 Å².